The largest absolute Gasteiger partial charge is 0.377 e. The number of ether oxygens (including phenoxy) is 1. The van der Waals surface area contributed by atoms with Gasteiger partial charge >= 0.3 is 0 Å². The lowest BCUT2D eigenvalue weighted by Crippen LogP contribution is -2.10. The third kappa shape index (κ3) is 3.08. The van der Waals surface area contributed by atoms with Crippen LogP contribution in [0.5, 0.6) is 0 Å². The molecule has 0 bridgehead atoms. The maximum absolute atomic E-state index is 5.30. The second kappa shape index (κ2) is 4.02. The predicted octanol–water partition coefficient (Wildman–Crippen LogP) is 0.0981. The number of tetrazole rings is 1. The molecule has 1 rings (SSSR count). The molecule has 0 fully saturated rings. The van der Waals surface area contributed by atoms with Crippen LogP contribution in [0.1, 0.15) is 13.8 Å². The van der Waals surface area contributed by atoms with Gasteiger partial charge in [-0.25, -0.2) is 4.68 Å². The molecule has 0 saturated carbocycles. The van der Waals surface area contributed by atoms with Gasteiger partial charge in [-0.05, 0) is 24.3 Å². The zero-order chi connectivity index (χ0) is 8.10. The van der Waals surface area contributed by atoms with Gasteiger partial charge in [0.2, 0.25) is 0 Å². The molecule has 0 radical (unpaired) electrons. The minimum atomic E-state index is 0.270. The van der Waals surface area contributed by atoms with E-state index in [1.54, 1.807) is 11.0 Å². The van der Waals surface area contributed by atoms with Gasteiger partial charge in [0.1, 0.15) is 6.33 Å². The van der Waals surface area contributed by atoms with E-state index < -0.39 is 0 Å². The Morgan fingerprint density at radius 3 is 2.91 bits per heavy atom. The Balaban J connectivity index is 2.14. The van der Waals surface area contributed by atoms with Gasteiger partial charge in [-0.3, -0.25) is 0 Å². The second-order valence-electron chi connectivity index (χ2n) is 2.49. The van der Waals surface area contributed by atoms with E-state index in [2.05, 4.69) is 15.5 Å². The fraction of sp³-hybridized carbons (Fsp3) is 0.833. The van der Waals surface area contributed by atoms with Gasteiger partial charge in [0.05, 0.1) is 19.3 Å². The summed E-state index contributed by atoms with van der Waals surface area (Å²) in [6.07, 6.45) is 1.84. The van der Waals surface area contributed by atoms with Gasteiger partial charge < -0.3 is 4.74 Å². The Morgan fingerprint density at radius 2 is 2.36 bits per heavy atom. The molecule has 0 amide bonds. The first-order valence-corrected chi connectivity index (χ1v) is 3.61. The number of hydrogen-bond acceptors (Lipinski definition) is 4. The van der Waals surface area contributed by atoms with Crippen molar-refractivity contribution in [3.8, 4) is 0 Å². The first-order chi connectivity index (χ1) is 5.29. The third-order valence-corrected chi connectivity index (χ3v) is 1.16. The second-order valence-corrected chi connectivity index (χ2v) is 2.49. The van der Waals surface area contributed by atoms with Crippen molar-refractivity contribution in [2.75, 3.05) is 6.61 Å². The van der Waals surface area contributed by atoms with E-state index >= 15 is 0 Å². The highest BCUT2D eigenvalue weighted by Crippen LogP contribution is 1.87. The van der Waals surface area contributed by atoms with Crippen LogP contribution in [0.4, 0.5) is 0 Å². The molecule has 0 spiro atoms. The van der Waals surface area contributed by atoms with Crippen molar-refractivity contribution in [3.05, 3.63) is 6.33 Å². The van der Waals surface area contributed by atoms with E-state index in [0.29, 0.717) is 13.2 Å². The molecule has 1 aromatic heterocycles. The topological polar surface area (TPSA) is 52.8 Å². The van der Waals surface area contributed by atoms with Crippen LogP contribution in [0.2, 0.25) is 0 Å². The molecule has 0 atom stereocenters. The molecule has 0 unspecified atom stereocenters. The van der Waals surface area contributed by atoms with E-state index in [9.17, 15) is 0 Å². The Morgan fingerprint density at radius 1 is 1.55 bits per heavy atom. The SMILES string of the molecule is CC(C)OCCn1cnnn1. The van der Waals surface area contributed by atoms with Gasteiger partial charge in [0, 0.05) is 0 Å². The van der Waals surface area contributed by atoms with Gasteiger partial charge in [0.15, 0.2) is 0 Å². The highest BCUT2D eigenvalue weighted by atomic mass is 16.5. The van der Waals surface area contributed by atoms with Crippen molar-refractivity contribution in [1.29, 1.82) is 0 Å². The molecule has 0 aliphatic heterocycles. The average molecular weight is 156 g/mol. The molecule has 0 aliphatic carbocycles. The summed E-state index contributed by atoms with van der Waals surface area (Å²) in [7, 11) is 0. The smallest absolute Gasteiger partial charge is 0.138 e. The number of hydrogen-bond donors (Lipinski definition) is 0. The molecule has 1 heterocycles. The van der Waals surface area contributed by atoms with E-state index in [0.717, 1.165) is 0 Å². The van der Waals surface area contributed by atoms with Gasteiger partial charge in [-0.2, -0.15) is 0 Å². The average Bonchev–Trinajstić information content (AvgIpc) is 2.39. The Labute approximate surface area is 65.4 Å². The van der Waals surface area contributed by atoms with Crippen LogP contribution in [-0.4, -0.2) is 32.9 Å². The lowest BCUT2D eigenvalue weighted by atomic mass is 10.5. The van der Waals surface area contributed by atoms with Crippen molar-refractivity contribution in [2.45, 2.75) is 26.5 Å². The summed E-state index contributed by atoms with van der Waals surface area (Å²) < 4.78 is 6.94. The molecule has 1 aromatic rings. The third-order valence-electron chi connectivity index (χ3n) is 1.16. The molecule has 5 nitrogen and oxygen atoms in total. The number of aromatic nitrogens is 4. The molecular formula is C6H12N4O. The maximum Gasteiger partial charge on any atom is 0.138 e. The Bertz CT molecular complexity index is 184. The fourth-order valence-electron chi connectivity index (χ4n) is 0.665. The van der Waals surface area contributed by atoms with Crippen molar-refractivity contribution >= 4 is 0 Å². The first-order valence-electron chi connectivity index (χ1n) is 3.61. The normalized spacial score (nSPS) is 10.8. The summed E-state index contributed by atoms with van der Waals surface area (Å²) in [5, 5.41) is 10.7. The molecular weight excluding hydrogens is 144 g/mol. The summed E-state index contributed by atoms with van der Waals surface area (Å²) in [4.78, 5) is 0. The summed E-state index contributed by atoms with van der Waals surface area (Å²) in [5.41, 5.74) is 0. The van der Waals surface area contributed by atoms with Crippen molar-refractivity contribution < 1.29 is 4.74 Å². The van der Waals surface area contributed by atoms with E-state index in [-0.39, 0.29) is 6.10 Å². The molecule has 5 heteroatoms. The molecule has 0 aromatic carbocycles. The summed E-state index contributed by atoms with van der Waals surface area (Å²) in [5.74, 6) is 0. The molecule has 62 valence electrons. The van der Waals surface area contributed by atoms with E-state index in [1.807, 2.05) is 13.8 Å². The molecule has 0 saturated heterocycles. The van der Waals surface area contributed by atoms with Crippen molar-refractivity contribution in [3.63, 3.8) is 0 Å². The highest BCUT2D eigenvalue weighted by molar-refractivity contribution is 4.46. The van der Waals surface area contributed by atoms with Crippen LogP contribution in [0.25, 0.3) is 0 Å². The van der Waals surface area contributed by atoms with Crippen LogP contribution in [0.3, 0.4) is 0 Å². The van der Waals surface area contributed by atoms with Crippen molar-refractivity contribution in [2.24, 2.45) is 0 Å². The summed E-state index contributed by atoms with van der Waals surface area (Å²) in [6, 6.07) is 0. The standard InChI is InChI=1S/C6H12N4O/c1-6(2)11-4-3-10-5-7-8-9-10/h5-6H,3-4H2,1-2H3. The Hall–Kier alpha value is -0.970. The lowest BCUT2D eigenvalue weighted by Gasteiger charge is -2.05. The first kappa shape index (κ1) is 8.13. The summed E-state index contributed by atoms with van der Waals surface area (Å²) >= 11 is 0. The van der Waals surface area contributed by atoms with E-state index in [4.69, 9.17) is 4.74 Å². The number of nitrogens with zero attached hydrogens (tertiary/aromatic N) is 4. The highest BCUT2D eigenvalue weighted by Gasteiger charge is 1.94. The maximum atomic E-state index is 5.30. The lowest BCUT2D eigenvalue weighted by molar-refractivity contribution is 0.0706. The summed E-state index contributed by atoms with van der Waals surface area (Å²) in [6.45, 7) is 5.37. The minimum Gasteiger partial charge on any atom is -0.377 e. The van der Waals surface area contributed by atoms with Gasteiger partial charge in [-0.15, -0.1) is 5.10 Å². The van der Waals surface area contributed by atoms with Crippen LogP contribution < -0.4 is 0 Å². The zero-order valence-electron chi connectivity index (χ0n) is 6.77. The fourth-order valence-corrected chi connectivity index (χ4v) is 0.665. The van der Waals surface area contributed by atoms with Crippen LogP contribution in [-0.2, 0) is 11.3 Å². The monoisotopic (exact) mass is 156 g/mol. The van der Waals surface area contributed by atoms with Crippen LogP contribution in [0.15, 0.2) is 6.33 Å². The van der Waals surface area contributed by atoms with Crippen LogP contribution in [0, 0.1) is 0 Å². The van der Waals surface area contributed by atoms with Gasteiger partial charge in [0.25, 0.3) is 0 Å². The molecule has 0 aliphatic rings. The zero-order valence-corrected chi connectivity index (χ0v) is 6.77. The minimum absolute atomic E-state index is 0.270. The molecule has 11 heavy (non-hydrogen) atoms. The van der Waals surface area contributed by atoms with Gasteiger partial charge in [-0.1, -0.05) is 0 Å². The van der Waals surface area contributed by atoms with Crippen LogP contribution >= 0.6 is 0 Å². The Kier molecular flexibility index (Phi) is 2.97. The number of rotatable bonds is 4. The van der Waals surface area contributed by atoms with E-state index in [1.165, 1.54) is 0 Å². The quantitative estimate of drug-likeness (QED) is 0.620. The predicted molar refractivity (Wildman–Crippen MR) is 38.9 cm³/mol. The van der Waals surface area contributed by atoms with Crippen molar-refractivity contribution in [1.82, 2.24) is 20.2 Å². The molecule has 0 N–H and O–H groups in total.